The van der Waals surface area contributed by atoms with Crippen LogP contribution in [0, 0.1) is 5.82 Å². The van der Waals surface area contributed by atoms with Crippen LogP contribution in [0.2, 0.25) is 0 Å². The molecule has 144 valence electrons. The Balaban J connectivity index is 1.58. The predicted molar refractivity (Wildman–Crippen MR) is 93.4 cm³/mol. The topological polar surface area (TPSA) is 41.6 Å². The van der Waals surface area contributed by atoms with Crippen LogP contribution in [-0.4, -0.2) is 25.6 Å². The van der Waals surface area contributed by atoms with Gasteiger partial charge in [0.2, 0.25) is 0 Å². The van der Waals surface area contributed by atoms with Gasteiger partial charge in [-0.3, -0.25) is 4.79 Å². The quantitative estimate of drug-likeness (QED) is 0.777. The van der Waals surface area contributed by atoms with E-state index < -0.39 is 30.1 Å². The number of halogens is 4. The first kappa shape index (κ1) is 19.0. The molecule has 4 nitrogen and oxygen atoms in total. The molecule has 0 aliphatic carbocycles. The van der Waals surface area contributed by atoms with Crippen molar-refractivity contribution in [3.8, 4) is 5.75 Å². The zero-order chi connectivity index (χ0) is 19.4. The van der Waals surface area contributed by atoms with E-state index in [1.165, 1.54) is 12.1 Å². The van der Waals surface area contributed by atoms with E-state index in [1.54, 1.807) is 6.07 Å². The molecule has 0 aromatic heterocycles. The molecule has 0 saturated carbocycles. The summed E-state index contributed by atoms with van der Waals surface area (Å²) in [4.78, 5) is 14.0. The molecule has 2 aromatic rings. The number of amides is 1. The number of rotatable bonds is 5. The molecule has 1 fully saturated rings. The first-order valence-corrected chi connectivity index (χ1v) is 8.47. The predicted octanol–water partition coefficient (Wildman–Crippen LogP) is 4.46. The molecule has 0 bridgehead atoms. The van der Waals surface area contributed by atoms with E-state index in [0.717, 1.165) is 50.2 Å². The number of benzene rings is 2. The standard InChI is InChI=1S/C19H18F4N2O2/c20-14-9-15(11-16(10-14)25-7-1-2-8-25)24-18(26)12-27-17-5-3-13(4-6-17)19(21,22)23/h3-6,9-11H,1-2,7-8,12H2,(H,24,26). The van der Waals surface area contributed by atoms with Gasteiger partial charge in [-0.05, 0) is 55.3 Å². The normalized spacial score (nSPS) is 14.3. The first-order valence-electron chi connectivity index (χ1n) is 8.47. The Morgan fingerprint density at radius 1 is 1.07 bits per heavy atom. The van der Waals surface area contributed by atoms with Crippen molar-refractivity contribution in [2.24, 2.45) is 0 Å². The Morgan fingerprint density at radius 2 is 1.74 bits per heavy atom. The average Bonchev–Trinajstić information content (AvgIpc) is 3.14. The second-order valence-corrected chi connectivity index (χ2v) is 6.25. The van der Waals surface area contributed by atoms with Crippen molar-refractivity contribution in [3.05, 3.63) is 53.8 Å². The van der Waals surface area contributed by atoms with E-state index in [0.29, 0.717) is 11.4 Å². The number of ether oxygens (including phenoxy) is 1. The maximum Gasteiger partial charge on any atom is 0.416 e. The van der Waals surface area contributed by atoms with E-state index in [1.807, 2.05) is 4.90 Å². The van der Waals surface area contributed by atoms with Gasteiger partial charge < -0.3 is 15.0 Å². The van der Waals surface area contributed by atoms with Gasteiger partial charge >= 0.3 is 6.18 Å². The summed E-state index contributed by atoms with van der Waals surface area (Å²) in [6.45, 7) is 1.28. The summed E-state index contributed by atoms with van der Waals surface area (Å²) in [5.74, 6) is -0.860. The van der Waals surface area contributed by atoms with Crippen LogP contribution in [0.5, 0.6) is 5.75 Å². The zero-order valence-electron chi connectivity index (χ0n) is 14.4. The van der Waals surface area contributed by atoms with Crippen molar-refractivity contribution < 1.29 is 27.1 Å². The largest absolute Gasteiger partial charge is 0.484 e. The molecule has 1 aliphatic heterocycles. The summed E-state index contributed by atoms with van der Waals surface area (Å²) in [5, 5.41) is 2.54. The third-order valence-electron chi connectivity index (χ3n) is 4.19. The van der Waals surface area contributed by atoms with E-state index in [9.17, 15) is 22.4 Å². The van der Waals surface area contributed by atoms with Crippen molar-refractivity contribution in [1.82, 2.24) is 0 Å². The molecule has 2 aromatic carbocycles. The Labute approximate surface area is 153 Å². The average molecular weight is 382 g/mol. The van der Waals surface area contributed by atoms with Crippen LogP contribution < -0.4 is 15.0 Å². The molecule has 8 heteroatoms. The van der Waals surface area contributed by atoms with Crippen molar-refractivity contribution >= 4 is 17.3 Å². The number of carbonyl (C=O) groups excluding carboxylic acids is 1. The van der Waals surface area contributed by atoms with Crippen LogP contribution in [0.4, 0.5) is 28.9 Å². The van der Waals surface area contributed by atoms with Crippen molar-refractivity contribution in [1.29, 1.82) is 0 Å². The Hall–Kier alpha value is -2.77. The molecular weight excluding hydrogens is 364 g/mol. The van der Waals surface area contributed by atoms with E-state index >= 15 is 0 Å². The molecule has 27 heavy (non-hydrogen) atoms. The summed E-state index contributed by atoms with van der Waals surface area (Å²) in [7, 11) is 0. The molecule has 1 N–H and O–H groups in total. The number of nitrogens with one attached hydrogen (secondary N) is 1. The third kappa shape index (κ3) is 5.12. The minimum Gasteiger partial charge on any atom is -0.484 e. The van der Waals surface area contributed by atoms with Crippen LogP contribution in [0.1, 0.15) is 18.4 Å². The van der Waals surface area contributed by atoms with E-state index in [-0.39, 0.29) is 5.75 Å². The first-order chi connectivity index (χ1) is 12.8. The molecule has 0 unspecified atom stereocenters. The molecule has 0 atom stereocenters. The van der Waals surface area contributed by atoms with Gasteiger partial charge in [0.25, 0.3) is 5.91 Å². The molecule has 1 aliphatic rings. The van der Waals surface area contributed by atoms with Gasteiger partial charge in [-0.2, -0.15) is 13.2 Å². The monoisotopic (exact) mass is 382 g/mol. The second-order valence-electron chi connectivity index (χ2n) is 6.25. The van der Waals surface area contributed by atoms with Crippen LogP contribution >= 0.6 is 0 Å². The molecule has 1 heterocycles. The number of nitrogens with zero attached hydrogens (tertiary/aromatic N) is 1. The lowest BCUT2D eigenvalue weighted by Gasteiger charge is -2.19. The number of hydrogen-bond donors (Lipinski definition) is 1. The van der Waals surface area contributed by atoms with Crippen molar-refractivity contribution in [3.63, 3.8) is 0 Å². The molecular formula is C19H18F4N2O2. The number of hydrogen-bond acceptors (Lipinski definition) is 3. The van der Waals surface area contributed by atoms with Gasteiger partial charge in [-0.15, -0.1) is 0 Å². The summed E-state index contributed by atoms with van der Waals surface area (Å²) in [5.41, 5.74) is 0.206. The minimum absolute atomic E-state index is 0.134. The third-order valence-corrected chi connectivity index (χ3v) is 4.19. The number of carbonyl (C=O) groups is 1. The second kappa shape index (κ2) is 7.85. The van der Waals surface area contributed by atoms with E-state index in [4.69, 9.17) is 4.74 Å². The maximum atomic E-state index is 13.8. The number of alkyl halides is 3. The SMILES string of the molecule is O=C(COc1ccc(C(F)(F)F)cc1)Nc1cc(F)cc(N2CCCC2)c1. The molecule has 1 saturated heterocycles. The highest BCUT2D eigenvalue weighted by atomic mass is 19.4. The molecule has 0 spiro atoms. The van der Waals surface area contributed by atoms with Crippen molar-refractivity contribution in [2.75, 3.05) is 29.9 Å². The summed E-state index contributed by atoms with van der Waals surface area (Å²) >= 11 is 0. The minimum atomic E-state index is -4.43. The Kier molecular flexibility index (Phi) is 5.53. The highest BCUT2D eigenvalue weighted by molar-refractivity contribution is 5.92. The highest BCUT2D eigenvalue weighted by Gasteiger charge is 2.30. The summed E-state index contributed by atoms with van der Waals surface area (Å²) in [6, 6.07) is 8.34. The highest BCUT2D eigenvalue weighted by Crippen LogP contribution is 2.30. The van der Waals surface area contributed by atoms with Crippen LogP contribution in [0.3, 0.4) is 0 Å². The Bertz CT molecular complexity index is 800. The van der Waals surface area contributed by atoms with Gasteiger partial charge in [-0.25, -0.2) is 4.39 Å². The van der Waals surface area contributed by atoms with Gasteiger partial charge in [0, 0.05) is 24.5 Å². The summed E-state index contributed by atoms with van der Waals surface area (Å²) in [6.07, 6.45) is -2.35. The van der Waals surface area contributed by atoms with Crippen LogP contribution in [0.15, 0.2) is 42.5 Å². The molecule has 3 rings (SSSR count). The smallest absolute Gasteiger partial charge is 0.416 e. The van der Waals surface area contributed by atoms with E-state index in [2.05, 4.69) is 5.32 Å². The fraction of sp³-hybridized carbons (Fsp3) is 0.316. The fourth-order valence-corrected chi connectivity index (χ4v) is 2.89. The van der Waals surface area contributed by atoms with Gasteiger partial charge in [0.1, 0.15) is 11.6 Å². The zero-order valence-corrected chi connectivity index (χ0v) is 14.4. The van der Waals surface area contributed by atoms with Crippen LogP contribution in [0.25, 0.3) is 0 Å². The fourth-order valence-electron chi connectivity index (χ4n) is 2.89. The van der Waals surface area contributed by atoms with Crippen molar-refractivity contribution in [2.45, 2.75) is 19.0 Å². The lowest BCUT2D eigenvalue weighted by atomic mass is 10.2. The Morgan fingerprint density at radius 3 is 2.37 bits per heavy atom. The number of anilines is 2. The van der Waals surface area contributed by atoms with Gasteiger partial charge in [0.05, 0.1) is 5.56 Å². The van der Waals surface area contributed by atoms with Gasteiger partial charge in [-0.1, -0.05) is 0 Å². The van der Waals surface area contributed by atoms with Gasteiger partial charge in [0.15, 0.2) is 6.61 Å². The molecule has 0 radical (unpaired) electrons. The lowest BCUT2D eigenvalue weighted by molar-refractivity contribution is -0.137. The lowest BCUT2D eigenvalue weighted by Crippen LogP contribution is -2.21. The molecule has 1 amide bonds. The van der Waals surface area contributed by atoms with Crippen LogP contribution in [-0.2, 0) is 11.0 Å². The summed E-state index contributed by atoms with van der Waals surface area (Å²) < 4.78 is 56.5. The maximum absolute atomic E-state index is 13.8.